The van der Waals surface area contributed by atoms with Crippen molar-refractivity contribution >= 4 is 11.8 Å². The standard InChI is InChI=1S/C12H25NS/c1-5-9-12(14-11-7-3)13(8-4)10-6-2/h9H,5-8,10-11H2,1-4H3/b12-9-. The van der Waals surface area contributed by atoms with E-state index < -0.39 is 0 Å². The number of thioether (sulfide) groups is 1. The molecule has 0 saturated carbocycles. The van der Waals surface area contributed by atoms with Gasteiger partial charge in [0, 0.05) is 13.1 Å². The van der Waals surface area contributed by atoms with E-state index in [1.807, 2.05) is 11.8 Å². The van der Waals surface area contributed by atoms with Crippen molar-refractivity contribution in [3.05, 3.63) is 11.1 Å². The van der Waals surface area contributed by atoms with Gasteiger partial charge in [-0.25, -0.2) is 0 Å². The summed E-state index contributed by atoms with van der Waals surface area (Å²) in [5, 5.41) is 1.48. The lowest BCUT2D eigenvalue weighted by Gasteiger charge is -2.25. The molecular weight excluding hydrogens is 190 g/mol. The van der Waals surface area contributed by atoms with E-state index in [0.717, 1.165) is 13.0 Å². The van der Waals surface area contributed by atoms with Gasteiger partial charge in [0.15, 0.2) is 0 Å². The van der Waals surface area contributed by atoms with Gasteiger partial charge in [-0.05, 0) is 31.9 Å². The highest BCUT2D eigenvalue weighted by atomic mass is 32.2. The normalized spacial score (nSPS) is 11.9. The van der Waals surface area contributed by atoms with E-state index >= 15 is 0 Å². The van der Waals surface area contributed by atoms with E-state index in [0.29, 0.717) is 0 Å². The van der Waals surface area contributed by atoms with Crippen LogP contribution in [0, 0.1) is 0 Å². The highest BCUT2D eigenvalue weighted by molar-refractivity contribution is 8.02. The molecule has 0 amide bonds. The molecule has 0 aromatic rings. The molecule has 0 heterocycles. The smallest absolute Gasteiger partial charge is 0.0666 e. The van der Waals surface area contributed by atoms with Crippen LogP contribution in [-0.2, 0) is 0 Å². The zero-order chi connectivity index (χ0) is 10.8. The number of nitrogens with zero attached hydrogens (tertiary/aromatic N) is 1. The van der Waals surface area contributed by atoms with Crippen molar-refractivity contribution in [3.8, 4) is 0 Å². The maximum Gasteiger partial charge on any atom is 0.0666 e. The van der Waals surface area contributed by atoms with Gasteiger partial charge in [0.2, 0.25) is 0 Å². The monoisotopic (exact) mass is 215 g/mol. The first-order valence-corrected chi connectivity index (χ1v) is 6.86. The van der Waals surface area contributed by atoms with Crippen LogP contribution in [0.25, 0.3) is 0 Å². The number of hydrogen-bond acceptors (Lipinski definition) is 2. The molecule has 0 spiro atoms. The lowest BCUT2D eigenvalue weighted by atomic mass is 10.4. The SMILES string of the molecule is CC/C=C(\SCCC)N(CC)CCC. The van der Waals surface area contributed by atoms with Gasteiger partial charge in [-0.1, -0.05) is 26.8 Å². The molecule has 1 nitrogen and oxygen atoms in total. The molecular formula is C12H25NS. The van der Waals surface area contributed by atoms with Crippen molar-refractivity contribution in [2.75, 3.05) is 18.8 Å². The Morgan fingerprint density at radius 1 is 1.14 bits per heavy atom. The minimum absolute atomic E-state index is 1.14. The Morgan fingerprint density at radius 3 is 2.29 bits per heavy atom. The third-order valence-electron chi connectivity index (χ3n) is 2.02. The summed E-state index contributed by atoms with van der Waals surface area (Å²) in [7, 11) is 0. The minimum Gasteiger partial charge on any atom is -0.367 e. The molecule has 0 atom stereocenters. The lowest BCUT2D eigenvalue weighted by Crippen LogP contribution is -2.22. The zero-order valence-electron chi connectivity index (χ0n) is 10.2. The summed E-state index contributed by atoms with van der Waals surface area (Å²) in [5.41, 5.74) is 0. The number of hydrogen-bond donors (Lipinski definition) is 0. The summed E-state index contributed by atoms with van der Waals surface area (Å²) in [6.45, 7) is 11.3. The first-order chi connectivity index (χ1) is 6.79. The topological polar surface area (TPSA) is 3.24 Å². The van der Waals surface area contributed by atoms with Crippen LogP contribution in [-0.4, -0.2) is 23.7 Å². The van der Waals surface area contributed by atoms with Gasteiger partial charge in [0.05, 0.1) is 5.03 Å². The third kappa shape index (κ3) is 5.58. The van der Waals surface area contributed by atoms with Crippen LogP contribution < -0.4 is 0 Å². The molecule has 0 unspecified atom stereocenters. The number of allylic oxidation sites excluding steroid dienone is 1. The molecule has 0 aliphatic rings. The Labute approximate surface area is 93.9 Å². The lowest BCUT2D eigenvalue weighted by molar-refractivity contribution is 0.385. The average molecular weight is 215 g/mol. The van der Waals surface area contributed by atoms with Crippen LogP contribution in [0.3, 0.4) is 0 Å². The molecule has 0 fully saturated rings. The van der Waals surface area contributed by atoms with Gasteiger partial charge in [-0.2, -0.15) is 0 Å². The maximum atomic E-state index is 2.49. The van der Waals surface area contributed by atoms with Crippen molar-refractivity contribution < 1.29 is 0 Å². The number of rotatable bonds is 8. The summed E-state index contributed by atoms with van der Waals surface area (Å²) in [5.74, 6) is 1.24. The largest absolute Gasteiger partial charge is 0.367 e. The van der Waals surface area contributed by atoms with Gasteiger partial charge >= 0.3 is 0 Å². The first kappa shape index (κ1) is 13.9. The van der Waals surface area contributed by atoms with E-state index in [1.165, 1.54) is 30.2 Å². The fourth-order valence-corrected chi connectivity index (χ4v) is 2.46. The molecule has 14 heavy (non-hydrogen) atoms. The van der Waals surface area contributed by atoms with Crippen LogP contribution in [0.15, 0.2) is 11.1 Å². The van der Waals surface area contributed by atoms with Crippen LogP contribution in [0.2, 0.25) is 0 Å². The highest BCUT2D eigenvalue weighted by Crippen LogP contribution is 2.21. The van der Waals surface area contributed by atoms with Crippen LogP contribution in [0.5, 0.6) is 0 Å². The van der Waals surface area contributed by atoms with E-state index in [1.54, 1.807) is 0 Å². The molecule has 0 radical (unpaired) electrons. The van der Waals surface area contributed by atoms with Crippen LogP contribution >= 0.6 is 11.8 Å². The molecule has 0 rings (SSSR count). The Morgan fingerprint density at radius 2 is 1.86 bits per heavy atom. The Balaban J connectivity index is 4.20. The van der Waals surface area contributed by atoms with E-state index in [2.05, 4.69) is 38.7 Å². The average Bonchev–Trinajstić information content (AvgIpc) is 2.21. The maximum absolute atomic E-state index is 2.49. The second-order valence-corrected chi connectivity index (χ2v) is 4.49. The van der Waals surface area contributed by atoms with Gasteiger partial charge in [-0.3, -0.25) is 0 Å². The Hall–Kier alpha value is -0.110. The van der Waals surface area contributed by atoms with E-state index in [4.69, 9.17) is 0 Å². The molecule has 2 heteroatoms. The molecule has 0 saturated heterocycles. The van der Waals surface area contributed by atoms with Gasteiger partial charge in [0.25, 0.3) is 0 Å². The molecule has 0 bridgehead atoms. The Kier molecular flexibility index (Phi) is 9.37. The fraction of sp³-hybridized carbons (Fsp3) is 0.833. The fourth-order valence-electron chi connectivity index (χ4n) is 1.35. The summed E-state index contributed by atoms with van der Waals surface area (Å²) in [4.78, 5) is 2.49. The van der Waals surface area contributed by atoms with Crippen molar-refractivity contribution in [2.45, 2.75) is 47.0 Å². The second-order valence-electron chi connectivity index (χ2n) is 3.38. The predicted octanol–water partition coefficient (Wildman–Crippen LogP) is 4.11. The Bertz CT molecular complexity index is 154. The molecule has 84 valence electrons. The minimum atomic E-state index is 1.14. The molecule has 0 aliphatic heterocycles. The molecule has 0 aromatic heterocycles. The summed E-state index contributed by atoms with van der Waals surface area (Å²) < 4.78 is 0. The second kappa shape index (κ2) is 9.45. The molecule has 0 aromatic carbocycles. The zero-order valence-corrected chi connectivity index (χ0v) is 11.0. The van der Waals surface area contributed by atoms with Crippen LogP contribution in [0.1, 0.15) is 47.0 Å². The first-order valence-electron chi connectivity index (χ1n) is 5.87. The molecule has 0 N–H and O–H groups in total. The van der Waals surface area contributed by atoms with E-state index in [-0.39, 0.29) is 0 Å². The van der Waals surface area contributed by atoms with Crippen molar-refractivity contribution in [1.82, 2.24) is 4.90 Å². The van der Waals surface area contributed by atoms with Crippen molar-refractivity contribution in [2.24, 2.45) is 0 Å². The quantitative estimate of drug-likeness (QED) is 0.599. The van der Waals surface area contributed by atoms with Gasteiger partial charge < -0.3 is 4.90 Å². The van der Waals surface area contributed by atoms with Gasteiger partial charge in [-0.15, -0.1) is 11.8 Å². The highest BCUT2D eigenvalue weighted by Gasteiger charge is 2.05. The van der Waals surface area contributed by atoms with Crippen molar-refractivity contribution in [3.63, 3.8) is 0 Å². The summed E-state index contributed by atoms with van der Waals surface area (Å²) in [6.07, 6.45) is 6.00. The molecule has 0 aliphatic carbocycles. The van der Waals surface area contributed by atoms with Gasteiger partial charge in [0.1, 0.15) is 0 Å². The summed E-state index contributed by atoms with van der Waals surface area (Å²) >= 11 is 2.01. The van der Waals surface area contributed by atoms with E-state index in [9.17, 15) is 0 Å². The summed E-state index contributed by atoms with van der Waals surface area (Å²) in [6, 6.07) is 0. The predicted molar refractivity (Wildman–Crippen MR) is 68.7 cm³/mol. The third-order valence-corrected chi connectivity index (χ3v) is 3.35. The van der Waals surface area contributed by atoms with Crippen LogP contribution in [0.4, 0.5) is 0 Å². The van der Waals surface area contributed by atoms with Crippen molar-refractivity contribution in [1.29, 1.82) is 0 Å².